The van der Waals surface area contributed by atoms with Crippen molar-refractivity contribution in [3.8, 4) is 5.75 Å². The van der Waals surface area contributed by atoms with Gasteiger partial charge in [0.2, 0.25) is 6.23 Å². The fraction of sp³-hybridized carbons (Fsp3) is 0.167. The van der Waals surface area contributed by atoms with Crippen LogP contribution < -0.4 is 4.74 Å². The monoisotopic (exact) mass is 324 g/mol. The van der Waals surface area contributed by atoms with E-state index in [0.29, 0.717) is 22.9 Å². The maximum atomic E-state index is 12.8. The van der Waals surface area contributed by atoms with Crippen LogP contribution in [0.4, 0.5) is 0 Å². The van der Waals surface area contributed by atoms with Crippen molar-refractivity contribution < 1.29 is 9.53 Å². The third kappa shape index (κ3) is 1.75. The topological polar surface area (TPSA) is 45.3 Å². The number of aromatic nitrogens is 1. The summed E-state index contributed by atoms with van der Waals surface area (Å²) in [5, 5.41) is 1.75. The maximum absolute atomic E-state index is 12.8. The van der Waals surface area contributed by atoms with Crippen LogP contribution in [0.5, 0.6) is 5.75 Å². The van der Waals surface area contributed by atoms with Gasteiger partial charge in [0.1, 0.15) is 5.75 Å². The number of benzene rings is 2. The van der Waals surface area contributed by atoms with Crippen molar-refractivity contribution >= 4 is 28.4 Å². The SMILES string of the molecule is O=C1c2cc(Cl)ccc2OC2c3[nH]c4ccccc4c3CCN12. The molecule has 5 rings (SSSR count). The molecular weight excluding hydrogens is 312 g/mol. The van der Waals surface area contributed by atoms with Crippen molar-refractivity contribution in [1.82, 2.24) is 9.88 Å². The highest BCUT2D eigenvalue weighted by Crippen LogP contribution is 2.41. The van der Waals surface area contributed by atoms with Gasteiger partial charge in [0.05, 0.1) is 11.3 Å². The van der Waals surface area contributed by atoms with Crippen molar-refractivity contribution in [2.75, 3.05) is 6.54 Å². The van der Waals surface area contributed by atoms with E-state index in [9.17, 15) is 4.79 Å². The van der Waals surface area contributed by atoms with E-state index < -0.39 is 6.23 Å². The molecule has 0 spiro atoms. The number of nitrogens with zero attached hydrogens (tertiary/aromatic N) is 1. The number of halogens is 1. The molecule has 1 amide bonds. The molecule has 2 aliphatic rings. The zero-order valence-electron chi connectivity index (χ0n) is 12.2. The molecule has 4 nitrogen and oxygen atoms in total. The third-order valence-corrected chi connectivity index (χ3v) is 4.89. The highest BCUT2D eigenvalue weighted by atomic mass is 35.5. The molecule has 3 aromatic rings. The molecule has 0 saturated carbocycles. The predicted octanol–water partition coefficient (Wildman–Crippen LogP) is 3.91. The number of hydrogen-bond acceptors (Lipinski definition) is 2. The summed E-state index contributed by atoms with van der Waals surface area (Å²) in [4.78, 5) is 18.0. The molecule has 5 heteroatoms. The minimum atomic E-state index is -0.396. The van der Waals surface area contributed by atoms with E-state index in [0.717, 1.165) is 17.6 Å². The van der Waals surface area contributed by atoms with Crippen molar-refractivity contribution in [2.45, 2.75) is 12.6 Å². The Morgan fingerprint density at radius 3 is 3.00 bits per heavy atom. The molecule has 0 fully saturated rings. The lowest BCUT2D eigenvalue weighted by Crippen LogP contribution is -2.45. The van der Waals surface area contributed by atoms with Gasteiger partial charge in [0, 0.05) is 22.5 Å². The van der Waals surface area contributed by atoms with Gasteiger partial charge in [-0.3, -0.25) is 9.69 Å². The van der Waals surface area contributed by atoms with Crippen LogP contribution in [0.3, 0.4) is 0 Å². The lowest BCUT2D eigenvalue weighted by atomic mass is 9.99. The molecule has 3 heterocycles. The summed E-state index contributed by atoms with van der Waals surface area (Å²) < 4.78 is 6.13. The second-order valence-corrected chi connectivity index (χ2v) is 6.36. The summed E-state index contributed by atoms with van der Waals surface area (Å²) in [6.07, 6.45) is 0.424. The molecular formula is C18H13ClN2O2. The minimum Gasteiger partial charge on any atom is -0.464 e. The molecule has 23 heavy (non-hydrogen) atoms. The number of para-hydroxylation sites is 1. The normalized spacial score (nSPS) is 19.1. The number of amides is 1. The van der Waals surface area contributed by atoms with Gasteiger partial charge in [0.25, 0.3) is 5.91 Å². The maximum Gasteiger partial charge on any atom is 0.260 e. The zero-order chi connectivity index (χ0) is 15.6. The summed E-state index contributed by atoms with van der Waals surface area (Å²) in [6.45, 7) is 0.643. The summed E-state index contributed by atoms with van der Waals surface area (Å²) in [7, 11) is 0. The van der Waals surface area contributed by atoms with Crippen LogP contribution in [0, 0.1) is 0 Å². The highest BCUT2D eigenvalue weighted by Gasteiger charge is 2.40. The van der Waals surface area contributed by atoms with E-state index in [-0.39, 0.29) is 5.91 Å². The Labute approximate surface area is 137 Å². The van der Waals surface area contributed by atoms with Crippen LogP contribution in [0.15, 0.2) is 42.5 Å². The fourth-order valence-corrected chi connectivity index (χ4v) is 3.76. The Morgan fingerprint density at radius 2 is 2.09 bits per heavy atom. The van der Waals surface area contributed by atoms with Gasteiger partial charge in [0.15, 0.2) is 0 Å². The van der Waals surface area contributed by atoms with Crippen LogP contribution in [0.2, 0.25) is 5.02 Å². The number of carbonyl (C=O) groups excluding carboxylic acids is 1. The van der Waals surface area contributed by atoms with Crippen molar-refractivity contribution in [3.05, 3.63) is 64.3 Å². The number of rotatable bonds is 0. The molecule has 1 atom stereocenters. The number of ether oxygens (including phenoxy) is 1. The fourth-order valence-electron chi connectivity index (χ4n) is 3.58. The van der Waals surface area contributed by atoms with E-state index in [1.165, 1.54) is 10.9 Å². The number of nitrogens with one attached hydrogen (secondary N) is 1. The Kier molecular flexibility index (Phi) is 2.56. The van der Waals surface area contributed by atoms with Crippen molar-refractivity contribution in [2.24, 2.45) is 0 Å². The van der Waals surface area contributed by atoms with E-state index in [1.54, 1.807) is 23.1 Å². The smallest absolute Gasteiger partial charge is 0.260 e. The van der Waals surface area contributed by atoms with Gasteiger partial charge >= 0.3 is 0 Å². The average Bonchev–Trinajstić information content (AvgIpc) is 2.95. The van der Waals surface area contributed by atoms with E-state index in [1.807, 2.05) is 12.1 Å². The third-order valence-electron chi connectivity index (χ3n) is 4.65. The highest BCUT2D eigenvalue weighted by molar-refractivity contribution is 6.31. The predicted molar refractivity (Wildman–Crippen MR) is 87.9 cm³/mol. The van der Waals surface area contributed by atoms with Crippen LogP contribution >= 0.6 is 11.6 Å². The lowest BCUT2D eigenvalue weighted by Gasteiger charge is -2.39. The second-order valence-electron chi connectivity index (χ2n) is 5.92. The van der Waals surface area contributed by atoms with Crippen LogP contribution in [-0.4, -0.2) is 22.3 Å². The quantitative estimate of drug-likeness (QED) is 0.681. The van der Waals surface area contributed by atoms with Crippen LogP contribution in [0.25, 0.3) is 10.9 Å². The first-order chi connectivity index (χ1) is 11.2. The molecule has 114 valence electrons. The van der Waals surface area contributed by atoms with Crippen LogP contribution in [-0.2, 0) is 6.42 Å². The molecule has 0 aliphatic carbocycles. The summed E-state index contributed by atoms with van der Waals surface area (Å²) in [5.74, 6) is 0.565. The van der Waals surface area contributed by atoms with Gasteiger partial charge in [-0.2, -0.15) is 0 Å². The molecule has 2 aromatic carbocycles. The lowest BCUT2D eigenvalue weighted by molar-refractivity contribution is 0.00203. The van der Waals surface area contributed by atoms with Gasteiger partial charge in [-0.05, 0) is 36.2 Å². The Balaban J connectivity index is 1.69. The van der Waals surface area contributed by atoms with Crippen LogP contribution in [0.1, 0.15) is 27.8 Å². The van der Waals surface area contributed by atoms with Gasteiger partial charge in [-0.1, -0.05) is 29.8 Å². The zero-order valence-corrected chi connectivity index (χ0v) is 12.9. The molecule has 1 unspecified atom stereocenters. The van der Waals surface area contributed by atoms with Crippen molar-refractivity contribution in [3.63, 3.8) is 0 Å². The van der Waals surface area contributed by atoms with E-state index in [4.69, 9.17) is 16.3 Å². The summed E-state index contributed by atoms with van der Waals surface area (Å²) in [5.41, 5.74) is 3.84. The number of fused-ring (bicyclic) bond motifs is 6. The first-order valence-corrected chi connectivity index (χ1v) is 7.97. The summed E-state index contributed by atoms with van der Waals surface area (Å²) >= 11 is 6.02. The molecule has 0 bridgehead atoms. The Hall–Kier alpha value is -2.46. The molecule has 1 N–H and O–H groups in total. The standard InChI is InChI=1S/C18H13ClN2O2/c19-10-5-6-15-13(9-10)17(22)21-8-7-12-11-3-1-2-4-14(11)20-16(12)18(21)23-15/h1-6,9,18,20H,7-8H2. The number of H-pyrrole nitrogens is 1. The molecule has 0 saturated heterocycles. The summed E-state index contributed by atoms with van der Waals surface area (Å²) in [6, 6.07) is 13.4. The average molecular weight is 325 g/mol. The van der Waals surface area contributed by atoms with Gasteiger partial charge < -0.3 is 9.72 Å². The number of carbonyl (C=O) groups is 1. The molecule has 2 aliphatic heterocycles. The van der Waals surface area contributed by atoms with E-state index in [2.05, 4.69) is 17.1 Å². The number of aromatic amines is 1. The largest absolute Gasteiger partial charge is 0.464 e. The van der Waals surface area contributed by atoms with E-state index >= 15 is 0 Å². The number of hydrogen-bond donors (Lipinski definition) is 1. The van der Waals surface area contributed by atoms with Crippen molar-refractivity contribution in [1.29, 1.82) is 0 Å². The minimum absolute atomic E-state index is 0.0249. The molecule has 0 radical (unpaired) electrons. The Bertz CT molecular complexity index is 963. The molecule has 1 aromatic heterocycles. The first-order valence-electron chi connectivity index (χ1n) is 7.59. The van der Waals surface area contributed by atoms with Gasteiger partial charge in [-0.25, -0.2) is 0 Å². The Morgan fingerprint density at radius 1 is 1.22 bits per heavy atom. The van der Waals surface area contributed by atoms with Gasteiger partial charge in [-0.15, -0.1) is 0 Å². The first kappa shape index (κ1) is 13.0. The second kappa shape index (κ2) is 4.52.